The minimum Gasteiger partial charge on any atom is -0.497 e. The van der Waals surface area contributed by atoms with Gasteiger partial charge in [0, 0.05) is 9.79 Å². The topological polar surface area (TPSA) is 59.0 Å². The van der Waals surface area contributed by atoms with Crippen molar-refractivity contribution in [3.63, 3.8) is 0 Å². The predicted molar refractivity (Wildman–Crippen MR) is 72.7 cm³/mol. The molecule has 2 N–H and O–H groups in total. The van der Waals surface area contributed by atoms with E-state index in [0.29, 0.717) is 11.3 Å². The summed E-state index contributed by atoms with van der Waals surface area (Å²) in [5, 5.41) is 8.93. The summed E-state index contributed by atoms with van der Waals surface area (Å²) in [5.74, 6) is 0.801. The number of nitrogen functional groups attached to an aromatic ring is 1. The second kappa shape index (κ2) is 5.48. The summed E-state index contributed by atoms with van der Waals surface area (Å²) < 4.78 is 5.17. The fourth-order valence-corrected chi connectivity index (χ4v) is 2.46. The van der Waals surface area contributed by atoms with Gasteiger partial charge in [-0.05, 0) is 30.3 Å². The summed E-state index contributed by atoms with van der Waals surface area (Å²) in [6.07, 6.45) is 0. The van der Waals surface area contributed by atoms with E-state index in [4.69, 9.17) is 15.7 Å². The molecular weight excluding hydrogens is 244 g/mol. The number of hydrogen-bond acceptors (Lipinski definition) is 4. The Bertz CT molecular complexity index is 605. The maximum absolute atomic E-state index is 8.93. The van der Waals surface area contributed by atoms with Crippen molar-refractivity contribution in [3.8, 4) is 11.8 Å². The molecule has 0 radical (unpaired) electrons. The molecule has 2 aromatic rings. The first-order valence-electron chi connectivity index (χ1n) is 5.35. The van der Waals surface area contributed by atoms with E-state index in [1.165, 1.54) is 11.8 Å². The summed E-state index contributed by atoms with van der Waals surface area (Å²) in [4.78, 5) is 1.90. The number of nitrogens with zero attached hydrogens (tertiary/aromatic N) is 1. The van der Waals surface area contributed by atoms with Crippen molar-refractivity contribution < 1.29 is 4.74 Å². The van der Waals surface area contributed by atoms with Crippen molar-refractivity contribution >= 4 is 17.4 Å². The molecule has 0 aliphatic carbocycles. The molecule has 0 atom stereocenters. The van der Waals surface area contributed by atoms with Gasteiger partial charge in [0.05, 0.1) is 18.4 Å². The SMILES string of the molecule is COc1cccc(Sc2cccc(C#N)c2N)c1. The first-order chi connectivity index (χ1) is 8.74. The molecule has 0 amide bonds. The smallest absolute Gasteiger partial charge is 0.119 e. The molecule has 90 valence electrons. The zero-order chi connectivity index (χ0) is 13.0. The van der Waals surface area contributed by atoms with Crippen molar-refractivity contribution in [2.45, 2.75) is 9.79 Å². The molecule has 4 heteroatoms. The van der Waals surface area contributed by atoms with Gasteiger partial charge in [-0.25, -0.2) is 0 Å². The quantitative estimate of drug-likeness (QED) is 0.856. The molecule has 0 saturated carbocycles. The molecule has 0 fully saturated rings. The van der Waals surface area contributed by atoms with Crippen molar-refractivity contribution in [1.82, 2.24) is 0 Å². The standard InChI is InChI=1S/C14H12N2OS/c1-17-11-5-3-6-12(8-11)18-13-7-2-4-10(9-15)14(13)16/h2-8H,16H2,1H3. The Morgan fingerprint density at radius 2 is 2.00 bits per heavy atom. The number of ether oxygens (including phenoxy) is 1. The number of nitriles is 1. The zero-order valence-electron chi connectivity index (χ0n) is 9.88. The van der Waals surface area contributed by atoms with E-state index in [2.05, 4.69) is 6.07 Å². The fourth-order valence-electron chi connectivity index (χ4n) is 1.52. The van der Waals surface area contributed by atoms with Gasteiger partial charge in [0.1, 0.15) is 11.8 Å². The highest BCUT2D eigenvalue weighted by Gasteiger charge is 2.06. The van der Waals surface area contributed by atoms with E-state index in [1.807, 2.05) is 36.4 Å². The first-order valence-corrected chi connectivity index (χ1v) is 6.16. The van der Waals surface area contributed by atoms with Crippen LogP contribution in [0, 0.1) is 11.3 Å². The van der Waals surface area contributed by atoms with Crippen LogP contribution in [0.3, 0.4) is 0 Å². The summed E-state index contributed by atoms with van der Waals surface area (Å²) in [5.41, 5.74) is 6.96. The second-order valence-electron chi connectivity index (χ2n) is 3.61. The van der Waals surface area contributed by atoms with Gasteiger partial charge in [-0.3, -0.25) is 0 Å². The Morgan fingerprint density at radius 3 is 2.72 bits per heavy atom. The molecule has 3 nitrogen and oxygen atoms in total. The summed E-state index contributed by atoms with van der Waals surface area (Å²) >= 11 is 1.52. The second-order valence-corrected chi connectivity index (χ2v) is 4.73. The summed E-state index contributed by atoms with van der Waals surface area (Å²) in [6, 6.07) is 15.2. The van der Waals surface area contributed by atoms with Gasteiger partial charge in [-0.15, -0.1) is 0 Å². The number of nitrogens with two attached hydrogens (primary N) is 1. The maximum atomic E-state index is 8.93. The molecule has 18 heavy (non-hydrogen) atoms. The van der Waals surface area contributed by atoms with Crippen molar-refractivity contribution in [1.29, 1.82) is 5.26 Å². The molecule has 0 heterocycles. The lowest BCUT2D eigenvalue weighted by molar-refractivity contribution is 0.413. The van der Waals surface area contributed by atoms with E-state index in [9.17, 15) is 0 Å². The zero-order valence-corrected chi connectivity index (χ0v) is 10.7. The van der Waals surface area contributed by atoms with Crippen LogP contribution < -0.4 is 10.5 Å². The highest BCUT2D eigenvalue weighted by Crippen LogP contribution is 2.34. The Balaban J connectivity index is 2.31. The number of para-hydroxylation sites is 1. The van der Waals surface area contributed by atoms with Gasteiger partial charge < -0.3 is 10.5 Å². The summed E-state index contributed by atoms with van der Waals surface area (Å²) in [6.45, 7) is 0. The Kier molecular flexibility index (Phi) is 3.75. The largest absolute Gasteiger partial charge is 0.497 e. The van der Waals surface area contributed by atoms with Crippen LogP contribution >= 0.6 is 11.8 Å². The molecule has 0 aromatic heterocycles. The first kappa shape index (κ1) is 12.3. The normalized spacial score (nSPS) is 9.78. The fraction of sp³-hybridized carbons (Fsp3) is 0.0714. The third-order valence-electron chi connectivity index (χ3n) is 2.46. The monoisotopic (exact) mass is 256 g/mol. The third kappa shape index (κ3) is 2.58. The average molecular weight is 256 g/mol. The Hall–Kier alpha value is -2.12. The van der Waals surface area contributed by atoms with Crippen LogP contribution in [-0.4, -0.2) is 7.11 Å². The maximum Gasteiger partial charge on any atom is 0.119 e. The van der Waals surface area contributed by atoms with Crippen LogP contribution in [0.2, 0.25) is 0 Å². The predicted octanol–water partition coefficient (Wildman–Crippen LogP) is 3.30. The molecule has 0 unspecified atom stereocenters. The number of hydrogen-bond donors (Lipinski definition) is 1. The lowest BCUT2D eigenvalue weighted by Gasteiger charge is -2.07. The van der Waals surface area contributed by atoms with Crippen LogP contribution in [0.4, 0.5) is 5.69 Å². The number of anilines is 1. The Labute approximate surface area is 110 Å². The minimum atomic E-state index is 0.503. The van der Waals surface area contributed by atoms with E-state index < -0.39 is 0 Å². The molecule has 2 aromatic carbocycles. The van der Waals surface area contributed by atoms with Crippen LogP contribution in [0.25, 0.3) is 0 Å². The molecule has 0 aliphatic rings. The van der Waals surface area contributed by atoms with Gasteiger partial charge in [0.2, 0.25) is 0 Å². The minimum absolute atomic E-state index is 0.503. The van der Waals surface area contributed by atoms with Crippen LogP contribution in [0.15, 0.2) is 52.3 Å². The molecule has 0 spiro atoms. The average Bonchev–Trinajstić information content (AvgIpc) is 2.41. The Morgan fingerprint density at radius 1 is 1.22 bits per heavy atom. The van der Waals surface area contributed by atoms with E-state index in [-0.39, 0.29) is 0 Å². The third-order valence-corrected chi connectivity index (χ3v) is 3.52. The lowest BCUT2D eigenvalue weighted by atomic mass is 10.2. The van der Waals surface area contributed by atoms with Crippen LogP contribution in [-0.2, 0) is 0 Å². The summed E-state index contributed by atoms with van der Waals surface area (Å²) in [7, 11) is 1.63. The van der Waals surface area contributed by atoms with Crippen LogP contribution in [0.1, 0.15) is 5.56 Å². The van der Waals surface area contributed by atoms with Crippen molar-refractivity contribution in [2.75, 3.05) is 12.8 Å². The van der Waals surface area contributed by atoms with E-state index >= 15 is 0 Å². The molecule has 2 rings (SSSR count). The molecule has 0 aliphatic heterocycles. The van der Waals surface area contributed by atoms with Crippen molar-refractivity contribution in [2.24, 2.45) is 0 Å². The lowest BCUT2D eigenvalue weighted by Crippen LogP contribution is -1.92. The van der Waals surface area contributed by atoms with Crippen molar-refractivity contribution in [3.05, 3.63) is 48.0 Å². The number of methoxy groups -OCH3 is 1. The van der Waals surface area contributed by atoms with E-state index in [1.54, 1.807) is 13.2 Å². The molecule has 0 bridgehead atoms. The van der Waals surface area contributed by atoms with Gasteiger partial charge >= 0.3 is 0 Å². The molecular formula is C14H12N2OS. The van der Waals surface area contributed by atoms with Gasteiger partial charge in [0.15, 0.2) is 0 Å². The van der Waals surface area contributed by atoms with Gasteiger partial charge in [-0.1, -0.05) is 23.9 Å². The van der Waals surface area contributed by atoms with E-state index in [0.717, 1.165) is 15.5 Å². The highest BCUT2D eigenvalue weighted by atomic mass is 32.2. The van der Waals surface area contributed by atoms with Crippen LogP contribution in [0.5, 0.6) is 5.75 Å². The number of benzene rings is 2. The molecule has 0 saturated heterocycles. The van der Waals surface area contributed by atoms with Gasteiger partial charge in [-0.2, -0.15) is 5.26 Å². The highest BCUT2D eigenvalue weighted by molar-refractivity contribution is 7.99. The number of rotatable bonds is 3. The van der Waals surface area contributed by atoms with Gasteiger partial charge in [0.25, 0.3) is 0 Å².